The molecule has 8 nitrogen and oxygen atoms in total. The van der Waals surface area contributed by atoms with Crippen LogP contribution in [0.25, 0.3) is 17.1 Å². The minimum absolute atomic E-state index is 0.0459. The number of rotatable bonds is 9. The fourth-order valence-corrected chi connectivity index (χ4v) is 2.83. The lowest BCUT2D eigenvalue weighted by atomic mass is 10.2. The van der Waals surface area contributed by atoms with Crippen LogP contribution in [-0.2, 0) is 16.1 Å². The summed E-state index contributed by atoms with van der Waals surface area (Å²) in [5.41, 5.74) is 1.45. The Morgan fingerprint density at radius 3 is 2.45 bits per heavy atom. The molecule has 3 rings (SSSR count). The van der Waals surface area contributed by atoms with E-state index in [4.69, 9.17) is 14.2 Å². The first kappa shape index (κ1) is 20.8. The van der Waals surface area contributed by atoms with Gasteiger partial charge in [-0.15, -0.1) is 10.2 Å². The van der Waals surface area contributed by atoms with E-state index in [1.807, 2.05) is 49.6 Å². The first-order valence-electron chi connectivity index (χ1n) is 9.49. The number of H-pyrrole nitrogens is 1. The zero-order valence-electron chi connectivity index (χ0n) is 17.1. The molecular weight excluding hydrogens is 372 g/mol. The standard InChI is InChI=1S/C21H26N4O4/c1-14(2)28-13-19-23-24-21(25(19)17-7-10-20(26)22-11-17)16-5-8-18(9-6-16)29-15(3)12-27-4/h5-11,14-15H,12-13H2,1-4H3,(H,22,26). The van der Waals surface area contributed by atoms with Crippen LogP contribution in [0.1, 0.15) is 26.6 Å². The van der Waals surface area contributed by atoms with Crippen LogP contribution in [0.2, 0.25) is 0 Å². The van der Waals surface area contributed by atoms with Crippen molar-refractivity contribution in [3.8, 4) is 22.8 Å². The molecule has 3 aromatic rings. The third-order valence-corrected chi connectivity index (χ3v) is 4.15. The maximum Gasteiger partial charge on any atom is 0.248 e. The molecule has 1 atom stereocenters. The predicted octanol–water partition coefficient (Wildman–Crippen LogP) is 2.96. The Balaban J connectivity index is 1.94. The van der Waals surface area contributed by atoms with Gasteiger partial charge >= 0.3 is 0 Å². The number of pyridine rings is 1. The Kier molecular flexibility index (Phi) is 6.79. The smallest absolute Gasteiger partial charge is 0.248 e. The van der Waals surface area contributed by atoms with Crippen LogP contribution >= 0.6 is 0 Å². The molecule has 2 aromatic heterocycles. The van der Waals surface area contributed by atoms with E-state index in [-0.39, 0.29) is 17.8 Å². The minimum atomic E-state index is -0.171. The molecule has 2 heterocycles. The molecule has 0 saturated carbocycles. The lowest BCUT2D eigenvalue weighted by Gasteiger charge is -2.14. The van der Waals surface area contributed by atoms with Gasteiger partial charge in [0.1, 0.15) is 18.5 Å². The van der Waals surface area contributed by atoms with Gasteiger partial charge in [-0.25, -0.2) is 0 Å². The summed E-state index contributed by atoms with van der Waals surface area (Å²) >= 11 is 0. The average Bonchev–Trinajstić information content (AvgIpc) is 3.11. The van der Waals surface area contributed by atoms with E-state index >= 15 is 0 Å². The van der Waals surface area contributed by atoms with Crippen molar-refractivity contribution in [3.63, 3.8) is 0 Å². The lowest BCUT2D eigenvalue weighted by molar-refractivity contribution is 0.0604. The number of benzene rings is 1. The van der Waals surface area contributed by atoms with Crippen LogP contribution in [0.4, 0.5) is 0 Å². The second kappa shape index (κ2) is 9.49. The molecule has 0 aliphatic heterocycles. The quantitative estimate of drug-likeness (QED) is 0.596. The third-order valence-electron chi connectivity index (χ3n) is 4.15. The fourth-order valence-electron chi connectivity index (χ4n) is 2.83. The Morgan fingerprint density at radius 2 is 1.83 bits per heavy atom. The summed E-state index contributed by atoms with van der Waals surface area (Å²) in [4.78, 5) is 14.2. The first-order valence-corrected chi connectivity index (χ1v) is 9.49. The van der Waals surface area contributed by atoms with Crippen LogP contribution in [0, 0.1) is 0 Å². The number of nitrogens with one attached hydrogen (secondary N) is 1. The summed E-state index contributed by atoms with van der Waals surface area (Å²) < 4.78 is 18.5. The average molecular weight is 398 g/mol. The Morgan fingerprint density at radius 1 is 1.07 bits per heavy atom. The van der Waals surface area contributed by atoms with Gasteiger partial charge in [0.2, 0.25) is 5.56 Å². The molecule has 0 radical (unpaired) electrons. The van der Waals surface area contributed by atoms with Gasteiger partial charge in [-0.05, 0) is 51.1 Å². The molecule has 1 N–H and O–H groups in total. The summed E-state index contributed by atoms with van der Waals surface area (Å²) in [7, 11) is 1.65. The van der Waals surface area contributed by atoms with E-state index in [0.717, 1.165) is 17.0 Å². The van der Waals surface area contributed by atoms with Gasteiger partial charge in [0.25, 0.3) is 0 Å². The fraction of sp³-hybridized carbons (Fsp3) is 0.381. The Bertz CT molecular complexity index is 959. The van der Waals surface area contributed by atoms with Gasteiger partial charge in [-0.3, -0.25) is 9.36 Å². The number of ether oxygens (including phenoxy) is 3. The highest BCUT2D eigenvalue weighted by Gasteiger charge is 2.17. The van der Waals surface area contributed by atoms with Gasteiger partial charge in [0, 0.05) is 24.9 Å². The highest BCUT2D eigenvalue weighted by atomic mass is 16.5. The monoisotopic (exact) mass is 398 g/mol. The van der Waals surface area contributed by atoms with Crippen LogP contribution in [0.15, 0.2) is 47.4 Å². The third kappa shape index (κ3) is 5.30. The summed E-state index contributed by atoms with van der Waals surface area (Å²) in [6, 6.07) is 10.8. The van der Waals surface area contributed by atoms with E-state index in [9.17, 15) is 4.79 Å². The van der Waals surface area contributed by atoms with E-state index in [0.29, 0.717) is 24.9 Å². The second-order valence-corrected chi connectivity index (χ2v) is 6.95. The molecule has 29 heavy (non-hydrogen) atoms. The van der Waals surface area contributed by atoms with Gasteiger partial charge in [-0.1, -0.05) is 0 Å². The molecule has 1 aromatic carbocycles. The maximum absolute atomic E-state index is 11.5. The molecular formula is C21H26N4O4. The van der Waals surface area contributed by atoms with E-state index in [2.05, 4.69) is 15.2 Å². The van der Waals surface area contributed by atoms with Gasteiger partial charge in [0.05, 0.1) is 18.4 Å². The molecule has 1 unspecified atom stereocenters. The summed E-state index contributed by atoms with van der Waals surface area (Å²) in [6.07, 6.45) is 1.65. The minimum Gasteiger partial charge on any atom is -0.488 e. The second-order valence-electron chi connectivity index (χ2n) is 6.95. The van der Waals surface area contributed by atoms with E-state index in [1.165, 1.54) is 6.07 Å². The zero-order valence-corrected chi connectivity index (χ0v) is 17.1. The molecule has 0 amide bonds. The van der Waals surface area contributed by atoms with Gasteiger partial charge < -0.3 is 19.2 Å². The Labute approximate surface area is 169 Å². The number of methoxy groups -OCH3 is 1. The zero-order chi connectivity index (χ0) is 20.8. The van der Waals surface area contributed by atoms with Crippen molar-refractivity contribution < 1.29 is 14.2 Å². The molecule has 8 heteroatoms. The lowest BCUT2D eigenvalue weighted by Crippen LogP contribution is -2.17. The predicted molar refractivity (Wildman–Crippen MR) is 109 cm³/mol. The van der Waals surface area contributed by atoms with Crippen molar-refractivity contribution in [3.05, 3.63) is 58.8 Å². The van der Waals surface area contributed by atoms with E-state index < -0.39 is 0 Å². The molecule has 0 spiro atoms. The van der Waals surface area contributed by atoms with Crippen molar-refractivity contribution >= 4 is 0 Å². The molecule has 154 valence electrons. The first-order chi connectivity index (χ1) is 14.0. The maximum atomic E-state index is 11.5. The number of aromatic amines is 1. The molecule has 0 bridgehead atoms. The van der Waals surface area contributed by atoms with Crippen molar-refractivity contribution in [2.45, 2.75) is 39.6 Å². The van der Waals surface area contributed by atoms with Crippen LogP contribution in [0.5, 0.6) is 5.75 Å². The van der Waals surface area contributed by atoms with Crippen molar-refractivity contribution in [2.24, 2.45) is 0 Å². The summed E-state index contributed by atoms with van der Waals surface area (Å²) in [5, 5.41) is 8.67. The largest absolute Gasteiger partial charge is 0.488 e. The highest BCUT2D eigenvalue weighted by Crippen LogP contribution is 2.25. The molecule has 0 saturated heterocycles. The van der Waals surface area contributed by atoms with Crippen LogP contribution in [0.3, 0.4) is 0 Å². The molecule has 0 fully saturated rings. The number of nitrogens with zero attached hydrogens (tertiary/aromatic N) is 3. The SMILES string of the molecule is COCC(C)Oc1ccc(-c2nnc(COC(C)C)n2-c2ccc(=O)[nH]c2)cc1. The van der Waals surface area contributed by atoms with Crippen LogP contribution in [-0.4, -0.2) is 45.7 Å². The molecule has 0 aliphatic rings. The summed E-state index contributed by atoms with van der Waals surface area (Å²) in [5.74, 6) is 2.04. The highest BCUT2D eigenvalue weighted by molar-refractivity contribution is 5.59. The van der Waals surface area contributed by atoms with Crippen molar-refractivity contribution in [2.75, 3.05) is 13.7 Å². The van der Waals surface area contributed by atoms with Gasteiger partial charge in [-0.2, -0.15) is 0 Å². The number of hydrogen-bond acceptors (Lipinski definition) is 6. The number of hydrogen-bond donors (Lipinski definition) is 1. The summed E-state index contributed by atoms with van der Waals surface area (Å²) in [6.45, 7) is 6.70. The van der Waals surface area contributed by atoms with Crippen molar-refractivity contribution in [1.82, 2.24) is 19.7 Å². The topological polar surface area (TPSA) is 91.3 Å². The van der Waals surface area contributed by atoms with Gasteiger partial charge in [0.15, 0.2) is 11.6 Å². The Hall–Kier alpha value is -2.97. The number of aromatic nitrogens is 4. The van der Waals surface area contributed by atoms with E-state index in [1.54, 1.807) is 19.4 Å². The molecule has 0 aliphatic carbocycles. The van der Waals surface area contributed by atoms with Crippen molar-refractivity contribution in [1.29, 1.82) is 0 Å². The van der Waals surface area contributed by atoms with Crippen LogP contribution < -0.4 is 10.3 Å². The normalized spacial score (nSPS) is 12.3.